The number of hydrogen-bond donors (Lipinski definition) is 2. The molecule has 0 aliphatic carbocycles. The summed E-state index contributed by atoms with van der Waals surface area (Å²) in [4.78, 5) is 10.7. The molecule has 1 rings (SSSR count). The van der Waals surface area contributed by atoms with Crippen molar-refractivity contribution in [3.63, 3.8) is 0 Å². The number of halogens is 3. The Morgan fingerprint density at radius 3 is 2.60 bits per heavy atom. The molecule has 0 spiro atoms. The molecule has 0 bridgehead atoms. The molecule has 1 amide bonds. The highest BCUT2D eigenvalue weighted by Crippen LogP contribution is 2.31. The van der Waals surface area contributed by atoms with Crippen LogP contribution in [-0.2, 0) is 0 Å². The highest BCUT2D eigenvalue weighted by molar-refractivity contribution is 8.01. The Bertz CT molecular complexity index is 367. The van der Waals surface area contributed by atoms with E-state index in [1.807, 2.05) is 0 Å². The lowest BCUT2D eigenvalue weighted by Gasteiger charge is -2.08. The van der Waals surface area contributed by atoms with Crippen molar-refractivity contribution in [2.24, 2.45) is 5.73 Å². The summed E-state index contributed by atoms with van der Waals surface area (Å²) in [6.07, 6.45) is 0. The number of benzene rings is 1. The van der Waals surface area contributed by atoms with Crippen LogP contribution in [0, 0.1) is 0 Å². The average molecular weight is 236 g/mol. The summed E-state index contributed by atoms with van der Waals surface area (Å²) in [5.74, 6) is -0.685. The van der Waals surface area contributed by atoms with Crippen LogP contribution in [0.5, 0.6) is 0 Å². The van der Waals surface area contributed by atoms with Gasteiger partial charge in [-0.2, -0.15) is 13.2 Å². The monoisotopic (exact) mass is 236 g/mol. The number of amides is 1. The van der Waals surface area contributed by atoms with Crippen LogP contribution in [-0.4, -0.2) is 11.4 Å². The molecule has 0 aromatic heterocycles. The molecular formula is C8H7F3N2OS. The second-order valence-corrected chi connectivity index (χ2v) is 3.47. The summed E-state index contributed by atoms with van der Waals surface area (Å²) in [6, 6.07) is 5.53. The molecule has 0 aliphatic rings. The van der Waals surface area contributed by atoms with E-state index in [4.69, 9.17) is 5.73 Å². The van der Waals surface area contributed by atoms with E-state index >= 15 is 0 Å². The normalized spacial score (nSPS) is 11.1. The summed E-state index contributed by atoms with van der Waals surface area (Å²) in [6.45, 7) is 0. The van der Waals surface area contributed by atoms with Gasteiger partial charge in [-0.1, -0.05) is 6.07 Å². The number of primary amides is 1. The molecular weight excluding hydrogens is 229 g/mol. The van der Waals surface area contributed by atoms with E-state index in [2.05, 4.69) is 4.72 Å². The highest BCUT2D eigenvalue weighted by atomic mass is 32.2. The molecule has 3 N–H and O–H groups in total. The smallest absolute Gasteiger partial charge is 0.366 e. The van der Waals surface area contributed by atoms with Crippen LogP contribution in [0.25, 0.3) is 0 Å². The Morgan fingerprint density at radius 2 is 2.07 bits per heavy atom. The van der Waals surface area contributed by atoms with Crippen molar-refractivity contribution in [3.05, 3.63) is 29.8 Å². The maximum atomic E-state index is 11.8. The predicted octanol–water partition coefficient (Wildman–Crippen LogP) is 2.37. The van der Waals surface area contributed by atoms with E-state index in [0.29, 0.717) is 0 Å². The van der Waals surface area contributed by atoms with Crippen LogP contribution in [0.2, 0.25) is 0 Å². The van der Waals surface area contributed by atoms with Gasteiger partial charge in [0.15, 0.2) is 0 Å². The van der Waals surface area contributed by atoms with Crippen molar-refractivity contribution in [1.82, 2.24) is 0 Å². The average Bonchev–Trinajstić information content (AvgIpc) is 2.14. The van der Waals surface area contributed by atoms with Gasteiger partial charge in [0, 0.05) is 11.3 Å². The lowest BCUT2D eigenvalue weighted by molar-refractivity contribution is -0.0323. The molecule has 0 aliphatic heterocycles. The topological polar surface area (TPSA) is 55.1 Å². The molecule has 15 heavy (non-hydrogen) atoms. The van der Waals surface area contributed by atoms with E-state index < -0.39 is 23.4 Å². The summed E-state index contributed by atoms with van der Waals surface area (Å²) in [7, 11) is 0. The summed E-state index contributed by atoms with van der Waals surface area (Å²) in [5.41, 5.74) is 0.927. The molecule has 0 fully saturated rings. The first kappa shape index (κ1) is 11.7. The second kappa shape index (κ2) is 4.43. The molecule has 0 radical (unpaired) electrons. The van der Waals surface area contributed by atoms with Crippen molar-refractivity contribution in [2.45, 2.75) is 5.51 Å². The first-order valence-electron chi connectivity index (χ1n) is 3.79. The SMILES string of the molecule is NC(=O)c1cccc(NSC(F)(F)F)c1. The van der Waals surface area contributed by atoms with Crippen LogP contribution >= 0.6 is 11.9 Å². The lowest BCUT2D eigenvalue weighted by atomic mass is 10.2. The van der Waals surface area contributed by atoms with Gasteiger partial charge in [0.05, 0.1) is 11.9 Å². The first-order chi connectivity index (χ1) is 6.88. The van der Waals surface area contributed by atoms with Gasteiger partial charge in [0.1, 0.15) is 0 Å². The van der Waals surface area contributed by atoms with Gasteiger partial charge in [0.2, 0.25) is 5.91 Å². The largest absolute Gasteiger partial charge is 0.461 e. The number of anilines is 1. The Kier molecular flexibility index (Phi) is 3.46. The summed E-state index contributed by atoms with van der Waals surface area (Å²) < 4.78 is 37.5. The predicted molar refractivity (Wildman–Crippen MR) is 52.2 cm³/mol. The van der Waals surface area contributed by atoms with Crippen LogP contribution in [0.4, 0.5) is 18.9 Å². The Morgan fingerprint density at radius 1 is 1.40 bits per heavy atom. The summed E-state index contributed by atoms with van der Waals surface area (Å²) >= 11 is -0.395. The zero-order valence-corrected chi connectivity index (χ0v) is 8.15. The number of nitrogens with two attached hydrogens (primary N) is 1. The number of alkyl halides is 3. The molecule has 0 saturated heterocycles. The molecule has 3 nitrogen and oxygen atoms in total. The van der Waals surface area contributed by atoms with Crippen molar-refractivity contribution in [2.75, 3.05) is 4.72 Å². The standard InChI is InChI=1S/C8H7F3N2OS/c9-8(10,11)15-13-6-3-1-2-5(4-6)7(12)14/h1-4,13H,(H2,12,14). The minimum Gasteiger partial charge on any atom is -0.366 e. The molecule has 82 valence electrons. The van der Waals surface area contributed by atoms with Gasteiger partial charge in [-0.3, -0.25) is 4.79 Å². The fraction of sp³-hybridized carbons (Fsp3) is 0.125. The quantitative estimate of drug-likeness (QED) is 0.792. The third-order valence-corrected chi connectivity index (χ3v) is 2.00. The van der Waals surface area contributed by atoms with Crippen LogP contribution < -0.4 is 10.5 Å². The van der Waals surface area contributed by atoms with Gasteiger partial charge < -0.3 is 10.5 Å². The zero-order valence-electron chi connectivity index (χ0n) is 7.34. The molecule has 1 aromatic carbocycles. The Labute approximate surface area is 88.0 Å². The minimum atomic E-state index is -4.37. The number of carbonyl (C=O) groups is 1. The molecule has 0 heterocycles. The number of rotatable bonds is 3. The van der Waals surface area contributed by atoms with Crippen LogP contribution in [0.3, 0.4) is 0 Å². The Balaban J connectivity index is 2.70. The first-order valence-corrected chi connectivity index (χ1v) is 4.61. The van der Waals surface area contributed by atoms with E-state index in [0.717, 1.165) is 0 Å². The third-order valence-electron chi connectivity index (χ3n) is 1.43. The highest BCUT2D eigenvalue weighted by Gasteiger charge is 2.28. The van der Waals surface area contributed by atoms with E-state index in [-0.39, 0.29) is 11.3 Å². The minimum absolute atomic E-state index is 0.155. The van der Waals surface area contributed by atoms with Crippen LogP contribution in [0.15, 0.2) is 24.3 Å². The van der Waals surface area contributed by atoms with Crippen molar-refractivity contribution in [3.8, 4) is 0 Å². The fourth-order valence-electron chi connectivity index (χ4n) is 0.853. The molecule has 0 unspecified atom stereocenters. The Hall–Kier alpha value is -1.37. The molecule has 7 heteroatoms. The maximum Gasteiger partial charge on any atom is 0.461 e. The van der Waals surface area contributed by atoms with Crippen molar-refractivity contribution < 1.29 is 18.0 Å². The third kappa shape index (κ3) is 4.11. The summed E-state index contributed by atoms with van der Waals surface area (Å²) in [5, 5.41) is 0. The van der Waals surface area contributed by atoms with Crippen molar-refractivity contribution >= 4 is 23.5 Å². The van der Waals surface area contributed by atoms with Crippen molar-refractivity contribution in [1.29, 1.82) is 0 Å². The van der Waals surface area contributed by atoms with Crippen LogP contribution in [0.1, 0.15) is 10.4 Å². The number of carbonyl (C=O) groups excluding carboxylic acids is 1. The van der Waals surface area contributed by atoms with Gasteiger partial charge in [-0.05, 0) is 18.2 Å². The van der Waals surface area contributed by atoms with Gasteiger partial charge in [-0.25, -0.2) is 0 Å². The van der Waals surface area contributed by atoms with E-state index in [1.54, 1.807) is 0 Å². The zero-order chi connectivity index (χ0) is 11.5. The van der Waals surface area contributed by atoms with Gasteiger partial charge in [-0.15, -0.1) is 0 Å². The van der Waals surface area contributed by atoms with E-state index in [9.17, 15) is 18.0 Å². The number of hydrogen-bond acceptors (Lipinski definition) is 3. The number of nitrogens with one attached hydrogen (secondary N) is 1. The fourth-order valence-corrected chi connectivity index (χ4v) is 1.21. The molecule has 1 aromatic rings. The maximum absolute atomic E-state index is 11.8. The lowest BCUT2D eigenvalue weighted by Crippen LogP contribution is -2.11. The molecule has 0 atom stereocenters. The second-order valence-electron chi connectivity index (χ2n) is 2.59. The van der Waals surface area contributed by atoms with E-state index in [1.165, 1.54) is 24.3 Å². The molecule has 0 saturated carbocycles. The van der Waals surface area contributed by atoms with Gasteiger partial charge in [0.25, 0.3) is 0 Å². The van der Waals surface area contributed by atoms with Gasteiger partial charge >= 0.3 is 5.51 Å².